The van der Waals surface area contributed by atoms with E-state index in [1.54, 1.807) is 18.6 Å². The van der Waals surface area contributed by atoms with Crippen LogP contribution >= 0.6 is 0 Å². The van der Waals surface area contributed by atoms with Crippen molar-refractivity contribution < 1.29 is 0 Å². The third-order valence-electron chi connectivity index (χ3n) is 4.95. The lowest BCUT2D eigenvalue weighted by Gasteiger charge is -1.98. The second kappa shape index (κ2) is 10.1. The highest BCUT2D eigenvalue weighted by Crippen LogP contribution is 2.18. The molecule has 6 N–H and O–H groups in total. The number of nitrogens with two attached hydrogens (primary N) is 3. The molecule has 0 unspecified atom stereocenters. The molecule has 33 heavy (non-hydrogen) atoms. The summed E-state index contributed by atoms with van der Waals surface area (Å²) in [5.74, 6) is 0. The number of aromatic nitrogens is 3. The molecule has 0 bridgehead atoms. The van der Waals surface area contributed by atoms with E-state index in [4.69, 9.17) is 17.2 Å². The molecule has 0 fully saturated rings. The van der Waals surface area contributed by atoms with Crippen LogP contribution in [0, 0.1) is 0 Å². The van der Waals surface area contributed by atoms with E-state index in [1.807, 2.05) is 91.1 Å². The lowest BCUT2D eigenvalue weighted by atomic mass is 10.1. The molecule has 0 amide bonds. The Balaban J connectivity index is 0.000000118. The van der Waals surface area contributed by atoms with Gasteiger partial charge in [-0.15, -0.1) is 0 Å². The van der Waals surface area contributed by atoms with Gasteiger partial charge in [-0.2, -0.15) is 0 Å². The molecule has 0 spiro atoms. The number of hydrogen-bond acceptors (Lipinski definition) is 6. The Morgan fingerprint density at radius 2 is 1.24 bits per heavy atom. The fraction of sp³-hybridized carbons (Fsp3) is 0. The van der Waals surface area contributed by atoms with E-state index >= 15 is 0 Å². The summed E-state index contributed by atoms with van der Waals surface area (Å²) in [6, 6.07) is 27.2. The van der Waals surface area contributed by atoms with Crippen LogP contribution in [0.15, 0.2) is 110 Å². The van der Waals surface area contributed by atoms with Gasteiger partial charge in [-0.3, -0.25) is 15.0 Å². The van der Waals surface area contributed by atoms with Gasteiger partial charge in [-0.25, -0.2) is 0 Å². The Labute approximate surface area is 191 Å². The first kappa shape index (κ1) is 21.5. The highest BCUT2D eigenvalue weighted by molar-refractivity contribution is 5.91. The van der Waals surface area contributed by atoms with Crippen molar-refractivity contribution in [1.29, 1.82) is 0 Å². The Hall–Kier alpha value is -4.71. The van der Waals surface area contributed by atoms with Gasteiger partial charge in [0.25, 0.3) is 0 Å². The first-order valence-corrected chi connectivity index (χ1v) is 10.4. The molecule has 3 heterocycles. The normalized spacial score (nSPS) is 10.2. The van der Waals surface area contributed by atoms with Crippen molar-refractivity contribution in [3.05, 3.63) is 110 Å². The SMILES string of the molecule is Nc1ccc2ncccc2c1.Nc1cccc2cnccc12.Nc1cnc2ccccc2c1. The first-order chi connectivity index (χ1) is 16.1. The van der Waals surface area contributed by atoms with Crippen LogP contribution in [0.5, 0.6) is 0 Å². The van der Waals surface area contributed by atoms with Crippen molar-refractivity contribution in [1.82, 2.24) is 15.0 Å². The van der Waals surface area contributed by atoms with Gasteiger partial charge in [-0.05, 0) is 48.5 Å². The summed E-state index contributed by atoms with van der Waals surface area (Å²) in [4.78, 5) is 12.3. The molecule has 0 saturated carbocycles. The molecule has 3 aromatic heterocycles. The van der Waals surface area contributed by atoms with E-state index in [0.29, 0.717) is 5.69 Å². The number of fused-ring (bicyclic) bond motifs is 3. The molecular formula is C27H24N6. The second-order valence-electron chi connectivity index (χ2n) is 7.36. The molecule has 0 aliphatic carbocycles. The van der Waals surface area contributed by atoms with Gasteiger partial charge in [0.05, 0.1) is 22.9 Å². The maximum atomic E-state index is 5.73. The van der Waals surface area contributed by atoms with E-state index in [9.17, 15) is 0 Å². The van der Waals surface area contributed by atoms with E-state index < -0.39 is 0 Å². The minimum absolute atomic E-state index is 0.712. The molecule has 0 atom stereocenters. The van der Waals surface area contributed by atoms with Crippen LogP contribution in [0.25, 0.3) is 32.6 Å². The molecule has 6 aromatic rings. The summed E-state index contributed by atoms with van der Waals surface area (Å²) >= 11 is 0. The van der Waals surface area contributed by atoms with Crippen LogP contribution in [-0.2, 0) is 0 Å². The number of nitrogens with zero attached hydrogens (tertiary/aromatic N) is 3. The molecule has 6 nitrogen and oxygen atoms in total. The second-order valence-corrected chi connectivity index (χ2v) is 7.36. The monoisotopic (exact) mass is 432 g/mol. The fourth-order valence-corrected chi connectivity index (χ4v) is 3.33. The summed E-state index contributed by atoms with van der Waals surface area (Å²) in [5, 5.41) is 4.34. The van der Waals surface area contributed by atoms with E-state index in [-0.39, 0.29) is 0 Å². The van der Waals surface area contributed by atoms with Gasteiger partial charge in [-0.1, -0.05) is 36.4 Å². The van der Waals surface area contributed by atoms with Crippen LogP contribution < -0.4 is 17.2 Å². The van der Waals surface area contributed by atoms with Gasteiger partial charge < -0.3 is 17.2 Å². The Morgan fingerprint density at radius 1 is 0.515 bits per heavy atom. The lowest BCUT2D eigenvalue weighted by Crippen LogP contribution is -1.85. The maximum Gasteiger partial charge on any atom is 0.0703 e. The Kier molecular flexibility index (Phi) is 6.56. The smallest absolute Gasteiger partial charge is 0.0703 e. The van der Waals surface area contributed by atoms with Crippen molar-refractivity contribution in [2.75, 3.05) is 17.2 Å². The average molecular weight is 433 g/mol. The van der Waals surface area contributed by atoms with Gasteiger partial charge in [0.1, 0.15) is 0 Å². The van der Waals surface area contributed by atoms with Crippen LogP contribution in [0.2, 0.25) is 0 Å². The number of anilines is 3. The number of benzene rings is 3. The number of para-hydroxylation sites is 1. The molecule has 0 aliphatic heterocycles. The van der Waals surface area contributed by atoms with Crippen LogP contribution in [0.3, 0.4) is 0 Å². The summed E-state index contributed by atoms with van der Waals surface area (Å²) in [7, 11) is 0. The van der Waals surface area contributed by atoms with Gasteiger partial charge >= 0.3 is 0 Å². The third-order valence-corrected chi connectivity index (χ3v) is 4.95. The topological polar surface area (TPSA) is 117 Å². The predicted molar refractivity (Wildman–Crippen MR) is 138 cm³/mol. The van der Waals surface area contributed by atoms with Crippen LogP contribution in [0.1, 0.15) is 0 Å². The standard InChI is InChI=1S/3C9H8N2/c10-8-3-4-9-7(6-8)2-1-5-11-9;10-9-3-1-2-7-6-11-5-4-8(7)9;10-8-5-7-3-1-2-4-9(7)11-6-8/h3*1-6H,10H2. The highest BCUT2D eigenvalue weighted by atomic mass is 14.7. The molecule has 0 radical (unpaired) electrons. The summed E-state index contributed by atoms with van der Waals surface area (Å²) in [5.41, 5.74) is 21.2. The summed E-state index contributed by atoms with van der Waals surface area (Å²) < 4.78 is 0. The van der Waals surface area contributed by atoms with Crippen molar-refractivity contribution >= 4 is 49.6 Å². The minimum Gasteiger partial charge on any atom is -0.399 e. The third kappa shape index (κ3) is 5.51. The van der Waals surface area contributed by atoms with E-state index in [2.05, 4.69) is 15.0 Å². The number of nitrogen functional groups attached to an aromatic ring is 3. The van der Waals surface area contributed by atoms with Gasteiger partial charge in [0, 0.05) is 51.5 Å². The zero-order valence-corrected chi connectivity index (χ0v) is 18.0. The van der Waals surface area contributed by atoms with Gasteiger partial charge in [0.15, 0.2) is 0 Å². The number of rotatable bonds is 0. The van der Waals surface area contributed by atoms with E-state index in [1.165, 1.54) is 0 Å². The van der Waals surface area contributed by atoms with Crippen molar-refractivity contribution in [3.8, 4) is 0 Å². The summed E-state index contributed by atoms with van der Waals surface area (Å²) in [6.07, 6.45) is 7.01. The van der Waals surface area contributed by atoms with Crippen LogP contribution in [0.4, 0.5) is 17.1 Å². The summed E-state index contributed by atoms with van der Waals surface area (Å²) in [6.45, 7) is 0. The number of pyridine rings is 3. The molecule has 6 rings (SSSR count). The zero-order chi connectivity index (χ0) is 23.0. The van der Waals surface area contributed by atoms with Gasteiger partial charge in [0.2, 0.25) is 0 Å². The molecule has 0 aliphatic rings. The van der Waals surface area contributed by atoms with Crippen molar-refractivity contribution in [3.63, 3.8) is 0 Å². The Morgan fingerprint density at radius 3 is 2.09 bits per heavy atom. The predicted octanol–water partition coefficient (Wildman–Crippen LogP) is 5.45. The maximum absolute atomic E-state index is 5.73. The molecule has 0 saturated heterocycles. The average Bonchev–Trinajstić information content (AvgIpc) is 2.85. The first-order valence-electron chi connectivity index (χ1n) is 10.4. The van der Waals surface area contributed by atoms with Crippen molar-refractivity contribution in [2.24, 2.45) is 0 Å². The van der Waals surface area contributed by atoms with Crippen LogP contribution in [-0.4, -0.2) is 15.0 Å². The fourth-order valence-electron chi connectivity index (χ4n) is 3.33. The lowest BCUT2D eigenvalue weighted by molar-refractivity contribution is 1.36. The molecule has 3 aromatic carbocycles. The van der Waals surface area contributed by atoms with E-state index in [0.717, 1.165) is 44.0 Å². The zero-order valence-electron chi connectivity index (χ0n) is 18.0. The Bertz CT molecular complexity index is 1420. The molecular weight excluding hydrogens is 408 g/mol. The van der Waals surface area contributed by atoms with Crippen molar-refractivity contribution in [2.45, 2.75) is 0 Å². The highest BCUT2D eigenvalue weighted by Gasteiger charge is 1.94. The number of hydrogen-bond donors (Lipinski definition) is 3. The molecule has 6 heteroatoms. The largest absolute Gasteiger partial charge is 0.399 e. The quantitative estimate of drug-likeness (QED) is 0.275. The molecule has 162 valence electrons. The minimum atomic E-state index is 0.712.